The monoisotopic (exact) mass is 196 g/mol. The normalized spacial score (nSPS) is 17.9. The molecule has 3 heteroatoms. The Balaban J connectivity index is 2.25. The molecule has 1 aliphatic carbocycles. The van der Waals surface area contributed by atoms with Crippen molar-refractivity contribution >= 4 is 17.4 Å². The van der Waals surface area contributed by atoms with E-state index in [9.17, 15) is 0 Å². The zero-order valence-electron chi connectivity index (χ0n) is 7.46. The summed E-state index contributed by atoms with van der Waals surface area (Å²) in [6, 6.07) is 1.96. The minimum atomic E-state index is 0.434. The molecule has 13 heavy (non-hydrogen) atoms. The highest BCUT2D eigenvalue weighted by Gasteiger charge is 2.17. The molecule has 0 amide bonds. The lowest BCUT2D eigenvalue weighted by molar-refractivity contribution is 0.720. The van der Waals surface area contributed by atoms with Crippen LogP contribution in [-0.4, -0.2) is 4.98 Å². The fraction of sp³-hybridized carbons (Fsp3) is 0.500. The van der Waals surface area contributed by atoms with Gasteiger partial charge in [-0.05, 0) is 30.4 Å². The fourth-order valence-corrected chi connectivity index (χ4v) is 2.12. The Morgan fingerprint density at radius 1 is 1.38 bits per heavy atom. The third-order valence-electron chi connectivity index (χ3n) is 2.72. The lowest BCUT2D eigenvalue weighted by atomic mass is 10.00. The van der Waals surface area contributed by atoms with Crippen LogP contribution in [0.25, 0.3) is 0 Å². The lowest BCUT2D eigenvalue weighted by Crippen LogP contribution is -1.97. The summed E-state index contributed by atoms with van der Waals surface area (Å²) in [6.07, 6.45) is 7.04. The fourth-order valence-electron chi connectivity index (χ4n) is 1.95. The van der Waals surface area contributed by atoms with Crippen molar-refractivity contribution in [2.75, 3.05) is 5.73 Å². The van der Waals surface area contributed by atoms with Gasteiger partial charge in [0.1, 0.15) is 5.82 Å². The van der Waals surface area contributed by atoms with E-state index in [2.05, 4.69) is 4.98 Å². The molecule has 70 valence electrons. The zero-order chi connectivity index (χ0) is 9.26. The van der Waals surface area contributed by atoms with E-state index in [0.29, 0.717) is 16.8 Å². The first kappa shape index (κ1) is 8.82. The van der Waals surface area contributed by atoms with E-state index >= 15 is 0 Å². The van der Waals surface area contributed by atoms with Crippen LogP contribution in [0.2, 0.25) is 5.02 Å². The van der Waals surface area contributed by atoms with Crippen LogP contribution < -0.4 is 5.73 Å². The van der Waals surface area contributed by atoms with Crippen molar-refractivity contribution in [3.05, 3.63) is 22.8 Å². The molecule has 2 N–H and O–H groups in total. The van der Waals surface area contributed by atoms with Crippen LogP contribution in [0, 0.1) is 0 Å². The van der Waals surface area contributed by atoms with Crippen molar-refractivity contribution in [2.24, 2.45) is 0 Å². The predicted octanol–water partition coefficient (Wildman–Crippen LogP) is 2.97. The molecule has 0 unspecified atom stereocenters. The first-order valence-corrected chi connectivity index (χ1v) is 5.06. The molecule has 0 atom stereocenters. The van der Waals surface area contributed by atoms with Crippen LogP contribution >= 0.6 is 11.6 Å². The van der Waals surface area contributed by atoms with Crippen LogP contribution in [0.3, 0.4) is 0 Å². The number of nitrogens with zero attached hydrogens (tertiary/aromatic N) is 1. The maximum absolute atomic E-state index is 5.90. The third kappa shape index (κ3) is 1.78. The smallest absolute Gasteiger partial charge is 0.142 e. The number of pyridine rings is 1. The highest BCUT2D eigenvalue weighted by molar-refractivity contribution is 6.32. The quantitative estimate of drug-likeness (QED) is 0.750. The summed E-state index contributed by atoms with van der Waals surface area (Å²) in [6.45, 7) is 0. The average Bonchev–Trinajstić information content (AvgIpc) is 2.62. The summed E-state index contributed by atoms with van der Waals surface area (Å²) in [5.41, 5.74) is 6.79. The van der Waals surface area contributed by atoms with Gasteiger partial charge < -0.3 is 5.73 Å². The summed E-state index contributed by atoms with van der Waals surface area (Å²) in [4.78, 5) is 4.07. The van der Waals surface area contributed by atoms with Gasteiger partial charge in [-0.15, -0.1) is 0 Å². The van der Waals surface area contributed by atoms with E-state index in [-0.39, 0.29) is 0 Å². The molecule has 2 rings (SSSR count). The van der Waals surface area contributed by atoms with Gasteiger partial charge in [-0.3, -0.25) is 0 Å². The van der Waals surface area contributed by atoms with Crippen molar-refractivity contribution in [3.63, 3.8) is 0 Å². The van der Waals surface area contributed by atoms with Crippen LogP contribution in [0.15, 0.2) is 12.3 Å². The van der Waals surface area contributed by atoms with Crippen LogP contribution in [0.5, 0.6) is 0 Å². The third-order valence-corrected chi connectivity index (χ3v) is 3.02. The number of rotatable bonds is 1. The molecule has 1 aromatic rings. The Bertz CT molecular complexity index is 306. The first-order chi connectivity index (χ1) is 6.27. The van der Waals surface area contributed by atoms with Gasteiger partial charge in [0.05, 0.1) is 5.02 Å². The molecule has 0 aromatic carbocycles. The van der Waals surface area contributed by atoms with E-state index in [1.807, 2.05) is 12.3 Å². The summed E-state index contributed by atoms with van der Waals surface area (Å²) >= 11 is 5.90. The van der Waals surface area contributed by atoms with Crippen LogP contribution in [0.1, 0.15) is 37.2 Å². The number of aromatic nitrogens is 1. The second kappa shape index (κ2) is 3.54. The van der Waals surface area contributed by atoms with Gasteiger partial charge in [0.15, 0.2) is 0 Å². The van der Waals surface area contributed by atoms with Crippen molar-refractivity contribution in [2.45, 2.75) is 31.6 Å². The van der Waals surface area contributed by atoms with Gasteiger partial charge in [0.2, 0.25) is 0 Å². The molecular weight excluding hydrogens is 184 g/mol. The molecule has 0 saturated heterocycles. The minimum absolute atomic E-state index is 0.434. The van der Waals surface area contributed by atoms with Crippen molar-refractivity contribution in [1.82, 2.24) is 4.98 Å². The Hall–Kier alpha value is -0.760. The number of hydrogen-bond acceptors (Lipinski definition) is 2. The van der Waals surface area contributed by atoms with Crippen LogP contribution in [0.4, 0.5) is 5.82 Å². The van der Waals surface area contributed by atoms with Crippen LogP contribution in [-0.2, 0) is 0 Å². The maximum Gasteiger partial charge on any atom is 0.142 e. The topological polar surface area (TPSA) is 38.9 Å². The molecule has 1 aromatic heterocycles. The van der Waals surface area contributed by atoms with E-state index in [1.54, 1.807) is 0 Å². The molecule has 1 fully saturated rings. The number of hydrogen-bond donors (Lipinski definition) is 1. The molecule has 1 saturated carbocycles. The molecule has 2 nitrogen and oxygen atoms in total. The van der Waals surface area contributed by atoms with E-state index in [4.69, 9.17) is 17.3 Å². The molecule has 0 aliphatic heterocycles. The predicted molar refractivity (Wildman–Crippen MR) is 54.9 cm³/mol. The minimum Gasteiger partial charge on any atom is -0.382 e. The van der Waals surface area contributed by atoms with Gasteiger partial charge >= 0.3 is 0 Å². The van der Waals surface area contributed by atoms with E-state index in [0.717, 1.165) is 0 Å². The second-order valence-electron chi connectivity index (χ2n) is 3.62. The number of nitrogen functional groups attached to an aromatic ring is 1. The molecule has 0 bridgehead atoms. The highest BCUT2D eigenvalue weighted by atomic mass is 35.5. The average molecular weight is 197 g/mol. The van der Waals surface area contributed by atoms with Crippen molar-refractivity contribution in [1.29, 1.82) is 0 Å². The first-order valence-electron chi connectivity index (χ1n) is 4.68. The van der Waals surface area contributed by atoms with Gasteiger partial charge in [0.25, 0.3) is 0 Å². The Kier molecular flexibility index (Phi) is 2.40. The summed E-state index contributed by atoms with van der Waals surface area (Å²) in [5.74, 6) is 1.09. The number of nitrogens with two attached hydrogens (primary N) is 1. The zero-order valence-corrected chi connectivity index (χ0v) is 8.22. The number of halogens is 1. The molecular formula is C10H13ClN2. The van der Waals surface area contributed by atoms with Gasteiger partial charge in [-0.2, -0.15) is 0 Å². The van der Waals surface area contributed by atoms with Crippen molar-refractivity contribution in [3.8, 4) is 0 Å². The van der Waals surface area contributed by atoms with Crippen molar-refractivity contribution < 1.29 is 0 Å². The van der Waals surface area contributed by atoms with E-state index in [1.165, 1.54) is 31.2 Å². The molecule has 0 radical (unpaired) electrons. The van der Waals surface area contributed by atoms with Gasteiger partial charge in [-0.25, -0.2) is 4.98 Å². The Morgan fingerprint density at radius 2 is 2.08 bits per heavy atom. The number of anilines is 1. The van der Waals surface area contributed by atoms with E-state index < -0.39 is 0 Å². The lowest BCUT2D eigenvalue weighted by Gasteiger charge is -2.09. The molecule has 0 spiro atoms. The molecule has 1 aliphatic rings. The maximum atomic E-state index is 5.90. The standard InChI is InChI=1S/C10H13ClN2/c11-9-5-8(6-13-10(9)12)7-3-1-2-4-7/h5-7H,1-4H2,(H2,12,13). The highest BCUT2D eigenvalue weighted by Crippen LogP contribution is 2.35. The molecule has 1 heterocycles. The Morgan fingerprint density at radius 3 is 2.69 bits per heavy atom. The van der Waals surface area contributed by atoms with Gasteiger partial charge in [-0.1, -0.05) is 24.4 Å². The SMILES string of the molecule is Nc1ncc(C2CCCC2)cc1Cl. The summed E-state index contributed by atoms with van der Waals surface area (Å²) < 4.78 is 0. The Labute approximate surface area is 83.1 Å². The second-order valence-corrected chi connectivity index (χ2v) is 4.02. The summed E-state index contributed by atoms with van der Waals surface area (Å²) in [5, 5.41) is 0.587. The largest absolute Gasteiger partial charge is 0.382 e. The van der Waals surface area contributed by atoms with Gasteiger partial charge in [0, 0.05) is 6.20 Å². The summed E-state index contributed by atoms with van der Waals surface area (Å²) in [7, 11) is 0.